The Morgan fingerprint density at radius 1 is 0.810 bits per heavy atom. The fourth-order valence-electron chi connectivity index (χ4n) is 3.34. The van der Waals surface area contributed by atoms with Crippen molar-refractivity contribution in [2.45, 2.75) is 99.8 Å². The molecule has 1 rings (SSSR count). The van der Waals surface area contributed by atoms with Crippen LogP contribution in [0, 0.1) is 23.7 Å². The topological polar surface area (TPSA) is 147 Å². The number of hydrogen-bond donors (Lipinski definition) is 2. The molecule has 1 aromatic carbocycles. The van der Waals surface area contributed by atoms with Gasteiger partial charge in [-0.3, -0.25) is 10.1 Å². The van der Waals surface area contributed by atoms with E-state index in [1.54, 1.807) is 13.8 Å². The Hall–Kier alpha value is -3.34. The minimum absolute atomic E-state index is 0.0782. The highest BCUT2D eigenvalue weighted by atomic mass is 16.7. The van der Waals surface area contributed by atoms with Gasteiger partial charge in [-0.05, 0) is 48.8 Å². The smallest absolute Gasteiger partial charge is 0.477 e. The molecule has 0 radical (unpaired) electrons. The van der Waals surface area contributed by atoms with Gasteiger partial charge in [0.2, 0.25) is 0 Å². The van der Waals surface area contributed by atoms with Crippen LogP contribution in [-0.2, 0) is 30.2 Å². The number of rotatable bonds is 17. The molecule has 0 aliphatic carbocycles. The van der Waals surface area contributed by atoms with Crippen LogP contribution < -0.4 is 14.8 Å². The number of nitrogens with one attached hydrogen (secondary N) is 1. The van der Waals surface area contributed by atoms with Crippen molar-refractivity contribution in [3.05, 3.63) is 23.8 Å². The van der Waals surface area contributed by atoms with Crippen molar-refractivity contribution in [1.29, 1.82) is 0 Å². The number of esters is 1. The molecule has 0 spiro atoms. The van der Waals surface area contributed by atoms with Crippen LogP contribution in [0.2, 0.25) is 0 Å². The van der Waals surface area contributed by atoms with E-state index >= 15 is 0 Å². The molecule has 0 aromatic heterocycles. The molecular weight excluding hydrogens is 546 g/mol. The molecule has 4 unspecified atom stereocenters. The third-order valence-corrected chi connectivity index (χ3v) is 7.30. The lowest BCUT2D eigenvalue weighted by Gasteiger charge is -2.34. The van der Waals surface area contributed by atoms with Crippen molar-refractivity contribution < 1.29 is 48.0 Å². The van der Waals surface area contributed by atoms with Gasteiger partial charge in [0.1, 0.15) is 0 Å². The van der Waals surface area contributed by atoms with Gasteiger partial charge in [0.15, 0.2) is 11.5 Å². The molecule has 0 heterocycles. The molecule has 0 aliphatic heterocycles. The van der Waals surface area contributed by atoms with Crippen LogP contribution in [0.4, 0.5) is 9.59 Å². The van der Waals surface area contributed by atoms with Gasteiger partial charge in [-0.2, -0.15) is 0 Å². The van der Waals surface area contributed by atoms with Gasteiger partial charge in [0.05, 0.1) is 19.1 Å². The third kappa shape index (κ3) is 11.9. The number of ether oxygens (including phenoxy) is 5. The van der Waals surface area contributed by atoms with Crippen LogP contribution in [0.1, 0.15) is 87.1 Å². The number of aliphatic carboxylic acids is 1. The number of hydrogen-bond acceptors (Lipinski definition) is 10. The first-order valence-corrected chi connectivity index (χ1v) is 14.7. The SMILES string of the molecule is CCC(C)COC(=O)Oc1ccc(C[C@](NC(C)CC)(OC(=O)C(C)C(C)C)C(=O)O)cc1OC(=O)OCC(C)CC. The Balaban J connectivity index is 3.45. The predicted molar refractivity (Wildman–Crippen MR) is 156 cm³/mol. The van der Waals surface area contributed by atoms with Crippen LogP contribution in [0.25, 0.3) is 0 Å². The van der Waals surface area contributed by atoms with Gasteiger partial charge in [-0.15, -0.1) is 0 Å². The number of carbonyl (C=O) groups excluding carboxylic acids is 3. The second kappa shape index (κ2) is 17.6. The first kappa shape index (κ1) is 36.7. The summed E-state index contributed by atoms with van der Waals surface area (Å²) in [6, 6.07) is 3.87. The average Bonchev–Trinajstić information content (AvgIpc) is 2.94. The van der Waals surface area contributed by atoms with Crippen molar-refractivity contribution in [2.24, 2.45) is 23.7 Å². The zero-order valence-corrected chi connectivity index (χ0v) is 26.5. The van der Waals surface area contributed by atoms with Crippen LogP contribution in [0.5, 0.6) is 11.5 Å². The molecule has 0 saturated carbocycles. The van der Waals surface area contributed by atoms with E-state index in [-0.39, 0.29) is 54.9 Å². The van der Waals surface area contributed by atoms with Gasteiger partial charge < -0.3 is 28.8 Å². The summed E-state index contributed by atoms with van der Waals surface area (Å²) in [5.41, 5.74) is -1.80. The Labute approximate surface area is 249 Å². The van der Waals surface area contributed by atoms with Crippen molar-refractivity contribution in [2.75, 3.05) is 13.2 Å². The monoisotopic (exact) mass is 595 g/mol. The van der Waals surface area contributed by atoms with E-state index in [1.165, 1.54) is 18.2 Å². The summed E-state index contributed by atoms with van der Waals surface area (Å²) in [5, 5.41) is 13.3. The molecule has 0 aliphatic rings. The second-order valence-electron chi connectivity index (χ2n) is 11.4. The van der Waals surface area contributed by atoms with Gasteiger partial charge >= 0.3 is 24.2 Å². The van der Waals surface area contributed by atoms with Gasteiger partial charge in [0.25, 0.3) is 5.72 Å². The molecule has 42 heavy (non-hydrogen) atoms. The molecule has 0 amide bonds. The van der Waals surface area contributed by atoms with E-state index in [0.29, 0.717) is 12.0 Å². The highest BCUT2D eigenvalue weighted by Gasteiger charge is 2.45. The molecule has 11 nitrogen and oxygen atoms in total. The fraction of sp³-hybridized carbons (Fsp3) is 0.677. The van der Waals surface area contributed by atoms with Crippen LogP contribution in [0.3, 0.4) is 0 Å². The Morgan fingerprint density at radius 3 is 1.79 bits per heavy atom. The Bertz CT molecular complexity index is 1040. The number of benzene rings is 1. The number of carboxylic acid groups (broad SMARTS) is 1. The summed E-state index contributed by atoms with van der Waals surface area (Å²) in [5.74, 6) is -2.80. The maximum atomic E-state index is 13.0. The van der Waals surface area contributed by atoms with E-state index < -0.39 is 35.9 Å². The molecule has 1 aromatic rings. The lowest BCUT2D eigenvalue weighted by atomic mass is 9.97. The van der Waals surface area contributed by atoms with Crippen molar-refractivity contribution >= 4 is 24.2 Å². The molecular formula is C31H49NO10. The summed E-state index contributed by atoms with van der Waals surface area (Å²) in [7, 11) is 0. The van der Waals surface area contributed by atoms with Gasteiger partial charge in [-0.1, -0.05) is 74.3 Å². The molecule has 238 valence electrons. The van der Waals surface area contributed by atoms with Gasteiger partial charge in [-0.25, -0.2) is 14.4 Å². The summed E-state index contributed by atoms with van der Waals surface area (Å²) >= 11 is 0. The first-order valence-electron chi connectivity index (χ1n) is 14.7. The summed E-state index contributed by atoms with van der Waals surface area (Å²) < 4.78 is 26.7. The van der Waals surface area contributed by atoms with Crippen molar-refractivity contribution in [3.8, 4) is 11.5 Å². The Kier molecular flexibility index (Phi) is 15.4. The standard InChI is InChI=1S/C31H49NO10/c1-10-20(6)17-38-29(36)40-25-14-13-24(15-26(25)41-30(37)39-18-21(7)11-2)16-31(28(34)35,32-22(8)12-3)42-27(33)23(9)19(4)5/h13-15,19-23,32H,10-12,16-18H2,1-9H3,(H,34,35)/t20?,21?,22?,23?,31-/m0/s1. The molecule has 0 saturated heterocycles. The zero-order chi connectivity index (χ0) is 32.0. The van der Waals surface area contributed by atoms with E-state index in [0.717, 1.165) is 12.8 Å². The van der Waals surface area contributed by atoms with Crippen LogP contribution in [0.15, 0.2) is 18.2 Å². The Morgan fingerprint density at radius 2 is 1.33 bits per heavy atom. The minimum Gasteiger partial charge on any atom is -0.477 e. The van der Waals surface area contributed by atoms with Crippen molar-refractivity contribution in [3.63, 3.8) is 0 Å². The summed E-state index contributed by atoms with van der Waals surface area (Å²) in [6.07, 6.45) is -0.183. The lowest BCUT2D eigenvalue weighted by Crippen LogP contribution is -2.60. The molecule has 11 heteroatoms. The molecule has 0 bridgehead atoms. The summed E-state index contributed by atoms with van der Waals surface area (Å²) in [6.45, 7) is 17.0. The normalized spacial score (nSPS) is 15.5. The highest BCUT2D eigenvalue weighted by Crippen LogP contribution is 2.32. The highest BCUT2D eigenvalue weighted by molar-refractivity contribution is 5.83. The molecule has 5 atom stereocenters. The molecule has 0 fully saturated rings. The number of carboxylic acids is 1. The lowest BCUT2D eigenvalue weighted by molar-refractivity contribution is -0.188. The first-order chi connectivity index (χ1) is 19.7. The molecule has 2 N–H and O–H groups in total. The number of carbonyl (C=O) groups is 4. The summed E-state index contributed by atoms with van der Waals surface area (Å²) in [4.78, 5) is 50.5. The van der Waals surface area contributed by atoms with E-state index in [9.17, 15) is 24.3 Å². The van der Waals surface area contributed by atoms with E-state index in [4.69, 9.17) is 23.7 Å². The zero-order valence-electron chi connectivity index (χ0n) is 26.5. The fourth-order valence-corrected chi connectivity index (χ4v) is 3.34. The quantitative estimate of drug-likeness (QED) is 0.0898. The van der Waals surface area contributed by atoms with Gasteiger partial charge in [0, 0.05) is 12.5 Å². The van der Waals surface area contributed by atoms with Crippen LogP contribution in [-0.4, -0.2) is 54.3 Å². The third-order valence-electron chi connectivity index (χ3n) is 7.30. The van der Waals surface area contributed by atoms with E-state index in [1.807, 2.05) is 48.5 Å². The minimum atomic E-state index is -2.12. The average molecular weight is 596 g/mol. The van der Waals surface area contributed by atoms with Crippen LogP contribution >= 0.6 is 0 Å². The second-order valence-corrected chi connectivity index (χ2v) is 11.4. The predicted octanol–water partition coefficient (Wildman–Crippen LogP) is 6.36. The van der Waals surface area contributed by atoms with Crippen molar-refractivity contribution in [1.82, 2.24) is 5.32 Å². The maximum Gasteiger partial charge on any atom is 0.513 e. The van der Waals surface area contributed by atoms with E-state index in [2.05, 4.69) is 5.32 Å². The largest absolute Gasteiger partial charge is 0.513 e. The maximum absolute atomic E-state index is 13.0.